The third-order valence-corrected chi connectivity index (χ3v) is 4.23. The number of halogens is 3. The van der Waals surface area contributed by atoms with Crippen LogP contribution in [0.15, 0.2) is 12.2 Å². The number of rotatable bonds is 2. The molecule has 2 rings (SSSR count). The van der Waals surface area contributed by atoms with E-state index in [0.717, 1.165) is 6.08 Å². The van der Waals surface area contributed by atoms with Crippen molar-refractivity contribution in [3.05, 3.63) is 12.2 Å². The van der Waals surface area contributed by atoms with Gasteiger partial charge in [-0.1, -0.05) is 11.6 Å². The van der Waals surface area contributed by atoms with Crippen LogP contribution in [0.1, 0.15) is 40.5 Å². The van der Waals surface area contributed by atoms with Gasteiger partial charge in [-0.05, 0) is 40.5 Å². The number of carbonyl (C=O) groups is 2. The zero-order valence-corrected chi connectivity index (χ0v) is 15.5. The van der Waals surface area contributed by atoms with Gasteiger partial charge in [-0.2, -0.15) is 8.78 Å². The molecule has 0 aromatic carbocycles. The predicted octanol–water partition coefficient (Wildman–Crippen LogP) is 3.94. The van der Waals surface area contributed by atoms with E-state index < -0.39 is 41.0 Å². The maximum Gasteiger partial charge on any atom is 0.411 e. The molecule has 6 nitrogen and oxygen atoms in total. The van der Waals surface area contributed by atoms with E-state index in [9.17, 15) is 18.4 Å². The summed E-state index contributed by atoms with van der Waals surface area (Å²) in [5.41, 5.74) is -2.89. The molecule has 0 aliphatic carbocycles. The third kappa shape index (κ3) is 4.54. The topological polar surface area (TPSA) is 59.1 Å². The zero-order chi connectivity index (χ0) is 19.0. The lowest BCUT2D eigenvalue weighted by Crippen LogP contribution is -2.64. The average molecular weight is 381 g/mol. The van der Waals surface area contributed by atoms with Gasteiger partial charge in [0.1, 0.15) is 5.60 Å². The summed E-state index contributed by atoms with van der Waals surface area (Å²) in [6, 6.07) is -0.419. The molecule has 2 saturated heterocycles. The summed E-state index contributed by atoms with van der Waals surface area (Å²) in [5.74, 6) is 0. The number of hydrogen-bond donors (Lipinski definition) is 0. The molecule has 142 valence electrons. The van der Waals surface area contributed by atoms with E-state index in [1.807, 2.05) is 0 Å². The van der Waals surface area contributed by atoms with E-state index in [4.69, 9.17) is 21.1 Å². The Bertz CT molecular complexity index is 575. The van der Waals surface area contributed by atoms with Crippen molar-refractivity contribution in [2.75, 3.05) is 13.1 Å². The fourth-order valence-corrected chi connectivity index (χ4v) is 3.47. The zero-order valence-electron chi connectivity index (χ0n) is 14.7. The Morgan fingerprint density at radius 1 is 1.32 bits per heavy atom. The quantitative estimate of drug-likeness (QED) is 0.681. The first-order chi connectivity index (χ1) is 11.4. The molecule has 25 heavy (non-hydrogen) atoms. The highest BCUT2D eigenvalue weighted by Gasteiger charge is 2.55. The molecule has 0 N–H and O–H groups in total. The molecular weight excluding hydrogens is 358 g/mol. The smallest absolute Gasteiger partial charge is 0.411 e. The van der Waals surface area contributed by atoms with Gasteiger partial charge in [0.25, 0.3) is 6.08 Å². The van der Waals surface area contributed by atoms with E-state index in [1.54, 1.807) is 20.8 Å². The van der Waals surface area contributed by atoms with Gasteiger partial charge >= 0.3 is 12.2 Å². The summed E-state index contributed by atoms with van der Waals surface area (Å²) >= 11 is 5.66. The minimum absolute atomic E-state index is 0.0947. The first kappa shape index (κ1) is 19.8. The second kappa shape index (κ2) is 6.97. The van der Waals surface area contributed by atoms with Crippen molar-refractivity contribution in [1.29, 1.82) is 0 Å². The van der Waals surface area contributed by atoms with E-state index in [0.29, 0.717) is 12.8 Å². The molecule has 2 aliphatic heterocycles. The Morgan fingerprint density at radius 3 is 2.48 bits per heavy atom. The number of likely N-dealkylation sites (tertiary alicyclic amines) is 1. The van der Waals surface area contributed by atoms with Crippen LogP contribution >= 0.6 is 11.6 Å². The minimum Gasteiger partial charge on any atom is -0.444 e. The van der Waals surface area contributed by atoms with Crippen LogP contribution < -0.4 is 0 Å². The van der Waals surface area contributed by atoms with Crippen molar-refractivity contribution < 1.29 is 27.8 Å². The number of amides is 2. The SMILES string of the molecule is CC(Cl)OC(=O)N1CC2CCC(C=C(F)F)(C1)N2C(=O)OC(C)(C)C. The van der Waals surface area contributed by atoms with Gasteiger partial charge in [-0.3, -0.25) is 4.90 Å². The van der Waals surface area contributed by atoms with Crippen molar-refractivity contribution in [2.45, 2.75) is 63.3 Å². The number of piperazine rings is 1. The molecule has 0 aromatic rings. The van der Waals surface area contributed by atoms with E-state index in [1.165, 1.54) is 16.7 Å². The molecule has 2 bridgehead atoms. The minimum atomic E-state index is -1.91. The standard InChI is InChI=1S/C16H23ClF2N2O4/c1-10(17)24-13(22)20-8-11-5-6-16(9-20,7-12(18)19)21(11)14(23)25-15(2,3)4/h7,10-11H,5-6,8-9H2,1-4H3. The van der Waals surface area contributed by atoms with E-state index in [2.05, 4.69) is 0 Å². The molecule has 2 fully saturated rings. The van der Waals surface area contributed by atoms with Crippen LogP contribution in [0.4, 0.5) is 18.4 Å². The second-order valence-electron chi connectivity index (χ2n) is 7.39. The van der Waals surface area contributed by atoms with Crippen LogP contribution in [-0.2, 0) is 9.47 Å². The number of carbonyl (C=O) groups excluding carboxylic acids is 2. The number of ether oxygens (including phenoxy) is 2. The van der Waals surface area contributed by atoms with Gasteiger partial charge in [0.05, 0.1) is 18.1 Å². The van der Waals surface area contributed by atoms with Gasteiger partial charge in [0.2, 0.25) is 0 Å². The van der Waals surface area contributed by atoms with Crippen molar-refractivity contribution >= 4 is 23.8 Å². The van der Waals surface area contributed by atoms with Crippen LogP contribution in [0.5, 0.6) is 0 Å². The lowest BCUT2D eigenvalue weighted by Gasteiger charge is -2.46. The Morgan fingerprint density at radius 2 is 1.96 bits per heavy atom. The van der Waals surface area contributed by atoms with Gasteiger partial charge in [0.15, 0.2) is 5.56 Å². The van der Waals surface area contributed by atoms with Crippen molar-refractivity contribution in [3.63, 3.8) is 0 Å². The lowest BCUT2D eigenvalue weighted by molar-refractivity contribution is -0.0219. The van der Waals surface area contributed by atoms with E-state index >= 15 is 0 Å². The monoisotopic (exact) mass is 380 g/mol. The molecule has 0 spiro atoms. The van der Waals surface area contributed by atoms with Crippen molar-refractivity contribution in [2.24, 2.45) is 0 Å². The lowest BCUT2D eigenvalue weighted by atomic mass is 9.95. The average Bonchev–Trinajstić information content (AvgIpc) is 2.62. The van der Waals surface area contributed by atoms with Crippen LogP contribution in [0.25, 0.3) is 0 Å². The summed E-state index contributed by atoms with van der Waals surface area (Å²) in [5, 5.41) is 0. The molecule has 0 aromatic heterocycles. The summed E-state index contributed by atoms with van der Waals surface area (Å²) in [7, 11) is 0. The highest BCUT2D eigenvalue weighted by molar-refractivity contribution is 6.19. The summed E-state index contributed by atoms with van der Waals surface area (Å²) in [4.78, 5) is 27.4. The number of nitrogens with zero attached hydrogens (tertiary/aromatic N) is 2. The van der Waals surface area contributed by atoms with Gasteiger partial charge in [-0.15, -0.1) is 0 Å². The summed E-state index contributed by atoms with van der Waals surface area (Å²) in [6.07, 6.45) is -1.71. The highest BCUT2D eigenvalue weighted by atomic mass is 35.5. The van der Waals surface area contributed by atoms with Crippen LogP contribution in [0.3, 0.4) is 0 Å². The van der Waals surface area contributed by atoms with Crippen molar-refractivity contribution in [1.82, 2.24) is 9.80 Å². The summed E-state index contributed by atoms with van der Waals surface area (Å²) in [6.45, 7) is 6.71. The molecule has 3 atom stereocenters. The van der Waals surface area contributed by atoms with Crippen LogP contribution in [-0.4, -0.2) is 57.8 Å². The molecule has 2 aliphatic rings. The predicted molar refractivity (Wildman–Crippen MR) is 87.5 cm³/mol. The fraction of sp³-hybridized carbons (Fsp3) is 0.750. The highest BCUT2D eigenvalue weighted by Crippen LogP contribution is 2.42. The molecule has 2 heterocycles. The van der Waals surface area contributed by atoms with Gasteiger partial charge in [0, 0.05) is 12.6 Å². The normalized spacial score (nSPS) is 26.9. The largest absolute Gasteiger partial charge is 0.444 e. The Balaban J connectivity index is 2.30. The number of hydrogen-bond acceptors (Lipinski definition) is 4. The first-order valence-electron chi connectivity index (χ1n) is 8.09. The Hall–Kier alpha value is -1.57. The summed E-state index contributed by atoms with van der Waals surface area (Å²) < 4.78 is 36.6. The number of alkyl halides is 1. The maximum absolute atomic E-state index is 13.1. The van der Waals surface area contributed by atoms with Crippen LogP contribution in [0, 0.1) is 0 Å². The van der Waals surface area contributed by atoms with Crippen molar-refractivity contribution in [3.8, 4) is 0 Å². The molecule has 0 saturated carbocycles. The van der Waals surface area contributed by atoms with Gasteiger partial charge < -0.3 is 14.4 Å². The van der Waals surface area contributed by atoms with E-state index in [-0.39, 0.29) is 13.1 Å². The molecule has 0 radical (unpaired) electrons. The molecule has 3 unspecified atom stereocenters. The number of fused-ring (bicyclic) bond motifs is 2. The Kier molecular flexibility index (Phi) is 5.51. The first-order valence-corrected chi connectivity index (χ1v) is 8.53. The molecule has 9 heteroatoms. The third-order valence-electron chi connectivity index (χ3n) is 4.14. The van der Waals surface area contributed by atoms with Gasteiger partial charge in [-0.25, -0.2) is 9.59 Å². The molecular formula is C16H23ClF2N2O4. The second-order valence-corrected chi connectivity index (χ2v) is 8.00. The molecule has 2 amide bonds. The Labute approximate surface area is 150 Å². The fourth-order valence-electron chi connectivity index (χ4n) is 3.39. The maximum atomic E-state index is 13.1. The van der Waals surface area contributed by atoms with Crippen LogP contribution in [0.2, 0.25) is 0 Å².